The second kappa shape index (κ2) is 8.34. The first-order valence-corrected chi connectivity index (χ1v) is 10.5. The molecular formula is C23H28N4O3. The van der Waals surface area contributed by atoms with Crippen molar-refractivity contribution >= 4 is 17.1 Å². The van der Waals surface area contributed by atoms with Crippen molar-refractivity contribution in [2.24, 2.45) is 0 Å². The molecule has 1 aliphatic carbocycles. The second-order valence-electron chi connectivity index (χ2n) is 8.48. The van der Waals surface area contributed by atoms with E-state index in [2.05, 4.69) is 27.1 Å². The predicted molar refractivity (Wildman–Crippen MR) is 115 cm³/mol. The number of H-pyrrole nitrogens is 2. The zero-order chi connectivity index (χ0) is 21.1. The normalized spacial score (nSPS) is 21.2. The van der Waals surface area contributed by atoms with Crippen molar-refractivity contribution in [3.05, 3.63) is 64.8 Å². The molecule has 0 radical (unpaired) electrons. The van der Waals surface area contributed by atoms with Crippen LogP contribution in [0.1, 0.15) is 57.6 Å². The van der Waals surface area contributed by atoms with E-state index in [4.69, 9.17) is 4.74 Å². The molecule has 0 bridgehead atoms. The number of cyclic esters (lactones) is 1. The summed E-state index contributed by atoms with van der Waals surface area (Å²) >= 11 is 0. The van der Waals surface area contributed by atoms with E-state index in [1.165, 1.54) is 24.8 Å². The maximum absolute atomic E-state index is 12.4. The number of nitrogens with zero attached hydrogens (tertiary/aromatic N) is 2. The number of nitrogens with one attached hydrogen (secondary N) is 2. The van der Waals surface area contributed by atoms with Gasteiger partial charge in [-0.2, -0.15) is 0 Å². The molecule has 5 rings (SSSR count). The van der Waals surface area contributed by atoms with Crippen LogP contribution in [0.5, 0.6) is 0 Å². The first-order valence-electron chi connectivity index (χ1n) is 10.5. The third kappa shape index (κ3) is 4.10. The first-order chi connectivity index (χ1) is 14.5. The predicted octanol–water partition coefficient (Wildman–Crippen LogP) is 4.54. The van der Waals surface area contributed by atoms with E-state index in [0.29, 0.717) is 6.04 Å². The number of ether oxygens (including phenoxy) is 1. The summed E-state index contributed by atoms with van der Waals surface area (Å²) in [4.78, 5) is 34.1. The van der Waals surface area contributed by atoms with Crippen LogP contribution in [0, 0.1) is 0 Å². The van der Waals surface area contributed by atoms with E-state index in [0.717, 1.165) is 23.9 Å². The smallest absolute Gasteiger partial charge is 0.411 e. The molecule has 7 heteroatoms. The van der Waals surface area contributed by atoms with Gasteiger partial charge in [-0.3, -0.25) is 9.88 Å². The number of amides is 1. The number of imidazole rings is 1. The van der Waals surface area contributed by atoms with Crippen molar-refractivity contribution in [3.8, 4) is 0 Å². The SMILES string of the molecule is CC1(C)OC(=O)N(C2CCCCC2)C1c1ccccc1.O=c1[nH]c2ccncc2[nH]1. The zero-order valence-corrected chi connectivity index (χ0v) is 17.4. The third-order valence-corrected chi connectivity index (χ3v) is 5.90. The van der Waals surface area contributed by atoms with Crippen molar-refractivity contribution in [2.75, 3.05) is 0 Å². The molecular weight excluding hydrogens is 380 g/mol. The Hall–Kier alpha value is -3.09. The van der Waals surface area contributed by atoms with Gasteiger partial charge in [-0.25, -0.2) is 9.59 Å². The van der Waals surface area contributed by atoms with Gasteiger partial charge in [0.05, 0.1) is 23.3 Å². The van der Waals surface area contributed by atoms with Crippen molar-refractivity contribution in [1.82, 2.24) is 19.9 Å². The standard InChI is InChI=1S/C17H23NO2.C6H5N3O/c1-17(2)15(13-9-5-3-6-10-13)18(16(19)20-17)14-11-7-4-8-12-14;10-6-8-4-1-2-7-3-5(4)9-6/h3,5-6,9-10,14-15H,4,7-8,11-12H2,1-2H3;1-3H,(H2,8,9,10). The maximum Gasteiger partial charge on any atom is 0.411 e. The highest BCUT2D eigenvalue weighted by Crippen LogP contribution is 2.44. The molecule has 1 saturated heterocycles. The molecule has 1 unspecified atom stereocenters. The van der Waals surface area contributed by atoms with Gasteiger partial charge < -0.3 is 14.7 Å². The topological polar surface area (TPSA) is 91.1 Å². The number of benzene rings is 1. The quantitative estimate of drug-likeness (QED) is 0.651. The molecule has 1 amide bonds. The summed E-state index contributed by atoms with van der Waals surface area (Å²) in [6, 6.07) is 12.4. The van der Waals surface area contributed by atoms with Crippen molar-refractivity contribution in [1.29, 1.82) is 0 Å². The molecule has 1 aromatic carbocycles. The monoisotopic (exact) mass is 408 g/mol. The van der Waals surface area contributed by atoms with Crippen LogP contribution in [-0.4, -0.2) is 37.6 Å². The lowest BCUT2D eigenvalue weighted by molar-refractivity contribution is 0.0665. The number of aromatic nitrogens is 3. The Labute approximate surface area is 175 Å². The van der Waals surface area contributed by atoms with Crippen LogP contribution in [0.4, 0.5) is 4.79 Å². The lowest BCUT2D eigenvalue weighted by atomic mass is 9.87. The number of hydrogen-bond donors (Lipinski definition) is 2. The summed E-state index contributed by atoms with van der Waals surface area (Å²) in [5, 5.41) is 0. The molecule has 2 aliphatic rings. The number of fused-ring (bicyclic) bond motifs is 1. The van der Waals surface area contributed by atoms with Gasteiger partial charge in [-0.15, -0.1) is 0 Å². The molecule has 2 aromatic heterocycles. The van der Waals surface area contributed by atoms with Crippen LogP contribution in [-0.2, 0) is 4.74 Å². The molecule has 3 heterocycles. The molecule has 0 spiro atoms. The second-order valence-corrected chi connectivity index (χ2v) is 8.48. The Morgan fingerprint density at radius 3 is 2.40 bits per heavy atom. The van der Waals surface area contributed by atoms with Gasteiger partial charge >= 0.3 is 11.8 Å². The Morgan fingerprint density at radius 1 is 1.00 bits per heavy atom. The van der Waals surface area contributed by atoms with Gasteiger partial charge in [0.1, 0.15) is 5.60 Å². The lowest BCUT2D eigenvalue weighted by Gasteiger charge is -2.36. The molecule has 158 valence electrons. The largest absolute Gasteiger partial charge is 0.441 e. The molecule has 1 atom stereocenters. The highest BCUT2D eigenvalue weighted by Gasteiger charge is 2.50. The molecule has 2 fully saturated rings. The van der Waals surface area contributed by atoms with Gasteiger partial charge in [-0.1, -0.05) is 49.6 Å². The van der Waals surface area contributed by atoms with E-state index < -0.39 is 5.60 Å². The highest BCUT2D eigenvalue weighted by atomic mass is 16.6. The fraction of sp³-hybridized carbons (Fsp3) is 0.435. The Bertz CT molecular complexity index is 1010. The minimum Gasteiger partial charge on any atom is -0.441 e. The van der Waals surface area contributed by atoms with Crippen molar-refractivity contribution in [2.45, 2.75) is 63.6 Å². The number of carbonyl (C=O) groups excluding carboxylic acids is 1. The fourth-order valence-corrected chi connectivity index (χ4v) is 4.57. The summed E-state index contributed by atoms with van der Waals surface area (Å²) in [6.45, 7) is 4.04. The minimum absolute atomic E-state index is 0.0271. The first kappa shape index (κ1) is 20.2. The van der Waals surface area contributed by atoms with E-state index in [1.54, 1.807) is 18.5 Å². The van der Waals surface area contributed by atoms with Crippen LogP contribution < -0.4 is 5.69 Å². The van der Waals surface area contributed by atoms with E-state index in [-0.39, 0.29) is 17.8 Å². The molecule has 3 aromatic rings. The molecule has 2 N–H and O–H groups in total. The molecule has 30 heavy (non-hydrogen) atoms. The lowest BCUT2D eigenvalue weighted by Crippen LogP contribution is -2.41. The summed E-state index contributed by atoms with van der Waals surface area (Å²) in [7, 11) is 0. The van der Waals surface area contributed by atoms with Crippen LogP contribution in [0.15, 0.2) is 53.6 Å². The average Bonchev–Trinajstić information content (AvgIpc) is 3.24. The van der Waals surface area contributed by atoms with Gasteiger partial charge in [0.2, 0.25) is 0 Å². The van der Waals surface area contributed by atoms with Crippen LogP contribution >= 0.6 is 0 Å². The average molecular weight is 409 g/mol. The number of rotatable bonds is 2. The third-order valence-electron chi connectivity index (χ3n) is 5.90. The Balaban J connectivity index is 0.000000181. The van der Waals surface area contributed by atoms with Crippen LogP contribution in [0.3, 0.4) is 0 Å². The summed E-state index contributed by atoms with van der Waals surface area (Å²) in [5.74, 6) is 0. The highest BCUT2D eigenvalue weighted by molar-refractivity contribution is 5.73. The summed E-state index contributed by atoms with van der Waals surface area (Å²) in [6.07, 6.45) is 9.03. The Morgan fingerprint density at radius 2 is 1.70 bits per heavy atom. The zero-order valence-electron chi connectivity index (χ0n) is 17.4. The number of carbonyl (C=O) groups is 1. The van der Waals surface area contributed by atoms with Gasteiger partial charge in [0.15, 0.2) is 0 Å². The number of pyridine rings is 1. The van der Waals surface area contributed by atoms with Crippen molar-refractivity contribution in [3.63, 3.8) is 0 Å². The van der Waals surface area contributed by atoms with Gasteiger partial charge in [0, 0.05) is 12.2 Å². The minimum atomic E-state index is -0.462. The maximum atomic E-state index is 12.4. The van der Waals surface area contributed by atoms with E-state index in [9.17, 15) is 9.59 Å². The van der Waals surface area contributed by atoms with Gasteiger partial charge in [-0.05, 0) is 38.3 Å². The van der Waals surface area contributed by atoms with E-state index in [1.807, 2.05) is 36.9 Å². The molecule has 1 saturated carbocycles. The van der Waals surface area contributed by atoms with E-state index >= 15 is 0 Å². The number of hydrogen-bond acceptors (Lipinski definition) is 4. The Kier molecular flexibility index (Phi) is 5.61. The summed E-state index contributed by atoms with van der Waals surface area (Å²) < 4.78 is 5.67. The number of aromatic amines is 2. The fourth-order valence-electron chi connectivity index (χ4n) is 4.57. The molecule has 1 aliphatic heterocycles. The van der Waals surface area contributed by atoms with Crippen LogP contribution in [0.25, 0.3) is 11.0 Å². The molecule has 7 nitrogen and oxygen atoms in total. The van der Waals surface area contributed by atoms with Gasteiger partial charge in [0.25, 0.3) is 0 Å². The van der Waals surface area contributed by atoms with Crippen LogP contribution in [0.2, 0.25) is 0 Å². The van der Waals surface area contributed by atoms with Crippen molar-refractivity contribution < 1.29 is 9.53 Å². The summed E-state index contributed by atoms with van der Waals surface area (Å²) in [5.41, 5.74) is 2.06.